The molecule has 1 aromatic rings. The predicted octanol–water partition coefficient (Wildman–Crippen LogP) is 1.16. The van der Waals surface area contributed by atoms with Crippen molar-refractivity contribution in [2.24, 2.45) is 0 Å². The summed E-state index contributed by atoms with van der Waals surface area (Å²) in [5, 5.41) is 12.0. The number of nitrogens with one attached hydrogen (secondary N) is 1. The van der Waals surface area contributed by atoms with Crippen molar-refractivity contribution in [3.8, 4) is 0 Å². The summed E-state index contributed by atoms with van der Waals surface area (Å²) < 4.78 is 5.35. The average Bonchev–Trinajstić information content (AvgIpc) is 2.79. The summed E-state index contributed by atoms with van der Waals surface area (Å²) in [7, 11) is 3.88. The molecule has 2 unspecified atom stereocenters. The van der Waals surface area contributed by atoms with E-state index >= 15 is 0 Å². The molecule has 1 amide bonds. The highest BCUT2D eigenvalue weighted by atomic mass is 16.3. The molecule has 0 aliphatic carbocycles. The van der Waals surface area contributed by atoms with Crippen molar-refractivity contribution in [1.29, 1.82) is 0 Å². The highest BCUT2D eigenvalue weighted by molar-refractivity contribution is 5.75. The Balaban J connectivity index is 2.41. The number of hydrogen-bond acceptors (Lipinski definition) is 4. The van der Waals surface area contributed by atoms with Gasteiger partial charge in [-0.25, -0.2) is 0 Å². The zero-order valence-corrected chi connectivity index (χ0v) is 11.2. The van der Waals surface area contributed by atoms with E-state index in [1.54, 1.807) is 13.2 Å². The van der Waals surface area contributed by atoms with Gasteiger partial charge in [0, 0.05) is 13.0 Å². The van der Waals surface area contributed by atoms with Crippen LogP contribution in [0.5, 0.6) is 0 Å². The summed E-state index contributed by atoms with van der Waals surface area (Å²) in [6.45, 7) is 2.18. The normalized spacial score (nSPS) is 14.5. The largest absolute Gasteiger partial charge is 0.468 e. The van der Waals surface area contributed by atoms with E-state index < -0.39 is 6.10 Å². The van der Waals surface area contributed by atoms with E-state index in [2.05, 4.69) is 5.32 Å². The maximum absolute atomic E-state index is 11.6. The lowest BCUT2D eigenvalue weighted by Crippen LogP contribution is -2.34. The van der Waals surface area contributed by atoms with E-state index in [9.17, 15) is 4.79 Å². The third-order valence-electron chi connectivity index (χ3n) is 2.78. The molecule has 0 saturated carbocycles. The van der Waals surface area contributed by atoms with Gasteiger partial charge in [-0.3, -0.25) is 9.69 Å². The standard InChI is InChI=1S/C13H22N2O3/c1-10(16)6-7-13(17)14-9-11(15(2)3)12-5-4-8-18-12/h4-5,8,10-11,16H,6-7,9H2,1-3H3,(H,14,17). The zero-order chi connectivity index (χ0) is 13.5. The number of furan rings is 1. The molecule has 5 heteroatoms. The molecular formula is C13H22N2O3. The zero-order valence-electron chi connectivity index (χ0n) is 11.2. The second kappa shape index (κ2) is 7.18. The summed E-state index contributed by atoms with van der Waals surface area (Å²) in [5.41, 5.74) is 0. The first-order valence-electron chi connectivity index (χ1n) is 6.15. The molecule has 0 spiro atoms. The topological polar surface area (TPSA) is 65.7 Å². The van der Waals surface area contributed by atoms with Gasteiger partial charge in [0.15, 0.2) is 0 Å². The van der Waals surface area contributed by atoms with Gasteiger partial charge in [-0.05, 0) is 39.6 Å². The van der Waals surface area contributed by atoms with Crippen molar-refractivity contribution in [2.45, 2.75) is 31.9 Å². The van der Waals surface area contributed by atoms with Crippen molar-refractivity contribution in [3.05, 3.63) is 24.2 Å². The average molecular weight is 254 g/mol. The monoisotopic (exact) mass is 254 g/mol. The Morgan fingerprint density at radius 3 is 2.78 bits per heavy atom. The molecule has 5 nitrogen and oxygen atoms in total. The van der Waals surface area contributed by atoms with Crippen LogP contribution in [0.3, 0.4) is 0 Å². The fourth-order valence-electron chi connectivity index (χ4n) is 1.66. The Kier molecular flexibility index (Phi) is 5.88. The van der Waals surface area contributed by atoms with E-state index in [1.165, 1.54) is 0 Å². The van der Waals surface area contributed by atoms with Crippen molar-refractivity contribution >= 4 is 5.91 Å². The van der Waals surface area contributed by atoms with Gasteiger partial charge in [0.05, 0.1) is 18.4 Å². The summed E-state index contributed by atoms with van der Waals surface area (Å²) in [6, 6.07) is 3.75. The molecule has 1 rings (SSSR count). The number of aliphatic hydroxyl groups is 1. The van der Waals surface area contributed by atoms with Crippen molar-refractivity contribution in [1.82, 2.24) is 10.2 Å². The minimum absolute atomic E-state index is 0.0236. The van der Waals surface area contributed by atoms with Gasteiger partial charge >= 0.3 is 0 Å². The fourth-order valence-corrected chi connectivity index (χ4v) is 1.66. The number of aliphatic hydroxyl groups excluding tert-OH is 1. The Hall–Kier alpha value is -1.33. The van der Waals surface area contributed by atoms with Crippen molar-refractivity contribution < 1.29 is 14.3 Å². The highest BCUT2D eigenvalue weighted by Gasteiger charge is 2.17. The first kappa shape index (κ1) is 14.7. The second-order valence-corrected chi connectivity index (χ2v) is 4.69. The van der Waals surface area contributed by atoms with Crippen molar-refractivity contribution in [2.75, 3.05) is 20.6 Å². The summed E-state index contributed by atoms with van der Waals surface area (Å²) in [4.78, 5) is 13.6. The minimum atomic E-state index is -0.439. The van der Waals surface area contributed by atoms with Crippen LogP contribution >= 0.6 is 0 Å². The maximum atomic E-state index is 11.6. The molecule has 18 heavy (non-hydrogen) atoms. The van der Waals surface area contributed by atoms with Crippen LogP contribution in [0.2, 0.25) is 0 Å². The SMILES string of the molecule is CC(O)CCC(=O)NCC(c1ccco1)N(C)C. The smallest absolute Gasteiger partial charge is 0.220 e. The molecule has 2 N–H and O–H groups in total. The van der Waals surface area contributed by atoms with Crippen molar-refractivity contribution in [3.63, 3.8) is 0 Å². The molecule has 1 aromatic heterocycles. The Bertz CT molecular complexity index is 347. The van der Waals surface area contributed by atoms with Crippen LogP contribution in [-0.4, -0.2) is 42.7 Å². The molecule has 0 radical (unpaired) electrons. The lowest BCUT2D eigenvalue weighted by Gasteiger charge is -2.22. The van der Waals surface area contributed by atoms with Crippen LogP contribution in [0.4, 0.5) is 0 Å². The Labute approximate surface area is 108 Å². The van der Waals surface area contributed by atoms with Crippen LogP contribution in [0.15, 0.2) is 22.8 Å². The molecule has 0 bridgehead atoms. The number of hydrogen-bond donors (Lipinski definition) is 2. The summed E-state index contributed by atoms with van der Waals surface area (Å²) >= 11 is 0. The first-order chi connectivity index (χ1) is 8.50. The second-order valence-electron chi connectivity index (χ2n) is 4.69. The van der Waals surface area contributed by atoms with E-state index in [1.807, 2.05) is 31.1 Å². The van der Waals surface area contributed by atoms with Gasteiger partial charge in [0.25, 0.3) is 0 Å². The number of likely N-dealkylation sites (N-methyl/N-ethyl adjacent to an activating group) is 1. The fraction of sp³-hybridized carbons (Fsp3) is 0.615. The number of nitrogens with zero attached hydrogens (tertiary/aromatic N) is 1. The van der Waals surface area contributed by atoms with E-state index in [0.717, 1.165) is 5.76 Å². The van der Waals surface area contributed by atoms with Crippen LogP contribution in [-0.2, 0) is 4.79 Å². The van der Waals surface area contributed by atoms with Crippen LogP contribution in [0, 0.1) is 0 Å². The summed E-state index contributed by atoms with van der Waals surface area (Å²) in [5.74, 6) is 0.783. The highest BCUT2D eigenvalue weighted by Crippen LogP contribution is 2.17. The molecule has 0 aromatic carbocycles. The van der Waals surface area contributed by atoms with E-state index in [0.29, 0.717) is 19.4 Å². The van der Waals surface area contributed by atoms with Gasteiger partial charge in [0.2, 0.25) is 5.91 Å². The van der Waals surface area contributed by atoms with Gasteiger partial charge in [-0.1, -0.05) is 0 Å². The molecule has 0 saturated heterocycles. The van der Waals surface area contributed by atoms with Gasteiger partial charge < -0.3 is 14.8 Å². The lowest BCUT2D eigenvalue weighted by molar-refractivity contribution is -0.121. The third kappa shape index (κ3) is 4.89. The predicted molar refractivity (Wildman–Crippen MR) is 69.1 cm³/mol. The number of carbonyl (C=O) groups excluding carboxylic acids is 1. The van der Waals surface area contributed by atoms with Gasteiger partial charge in [-0.2, -0.15) is 0 Å². The maximum Gasteiger partial charge on any atom is 0.220 e. The minimum Gasteiger partial charge on any atom is -0.468 e. The molecule has 0 fully saturated rings. The Morgan fingerprint density at radius 2 is 2.28 bits per heavy atom. The van der Waals surface area contributed by atoms with Gasteiger partial charge in [-0.15, -0.1) is 0 Å². The molecule has 0 aliphatic rings. The van der Waals surface area contributed by atoms with E-state index in [4.69, 9.17) is 9.52 Å². The quantitative estimate of drug-likeness (QED) is 0.766. The molecule has 2 atom stereocenters. The molecular weight excluding hydrogens is 232 g/mol. The summed E-state index contributed by atoms with van der Waals surface area (Å²) in [6.07, 6.45) is 2.02. The molecule has 102 valence electrons. The van der Waals surface area contributed by atoms with Crippen LogP contribution < -0.4 is 5.32 Å². The first-order valence-corrected chi connectivity index (χ1v) is 6.15. The number of amides is 1. The van der Waals surface area contributed by atoms with E-state index in [-0.39, 0.29) is 11.9 Å². The third-order valence-corrected chi connectivity index (χ3v) is 2.78. The molecule has 0 aliphatic heterocycles. The van der Waals surface area contributed by atoms with Crippen LogP contribution in [0.1, 0.15) is 31.6 Å². The number of carbonyl (C=O) groups is 1. The molecule has 1 heterocycles. The van der Waals surface area contributed by atoms with Gasteiger partial charge in [0.1, 0.15) is 5.76 Å². The Morgan fingerprint density at radius 1 is 1.56 bits per heavy atom. The lowest BCUT2D eigenvalue weighted by atomic mass is 10.2. The number of rotatable bonds is 7. The van der Waals surface area contributed by atoms with Crippen LogP contribution in [0.25, 0.3) is 0 Å².